The van der Waals surface area contributed by atoms with Crippen LogP contribution in [0.25, 0.3) is 0 Å². The molecular formula is C18H24N4O2S. The number of hydrogen-bond acceptors (Lipinski definition) is 5. The monoisotopic (exact) mass is 360 g/mol. The normalized spacial score (nSPS) is 27.7. The fraction of sp³-hybridized carbons (Fsp3) is 0.611. The van der Waals surface area contributed by atoms with Crippen molar-refractivity contribution in [2.24, 2.45) is 17.8 Å². The quantitative estimate of drug-likeness (QED) is 0.797. The molecule has 0 unspecified atom stereocenters. The average molecular weight is 360 g/mol. The van der Waals surface area contributed by atoms with Gasteiger partial charge in [-0.25, -0.2) is 4.68 Å². The maximum atomic E-state index is 12.3. The molecule has 3 atom stereocenters. The number of carbonyl (C=O) groups is 1. The van der Waals surface area contributed by atoms with Crippen molar-refractivity contribution in [2.75, 3.05) is 36.0 Å². The summed E-state index contributed by atoms with van der Waals surface area (Å²) >= 11 is 1.93. The summed E-state index contributed by atoms with van der Waals surface area (Å²) < 4.78 is 1.28. The molecule has 1 aromatic rings. The van der Waals surface area contributed by atoms with Gasteiger partial charge in [-0.05, 0) is 36.7 Å². The number of rotatable bonds is 5. The smallest absolute Gasteiger partial charge is 0.267 e. The van der Waals surface area contributed by atoms with Gasteiger partial charge in [-0.3, -0.25) is 9.59 Å². The summed E-state index contributed by atoms with van der Waals surface area (Å²) in [6, 6.07) is 3.27. The molecule has 134 valence electrons. The number of aromatic nitrogens is 2. The van der Waals surface area contributed by atoms with Crippen molar-refractivity contribution in [3.8, 4) is 0 Å². The number of carbonyl (C=O) groups excluding carboxylic acids is 1. The molecule has 0 radical (unpaired) electrons. The Morgan fingerprint density at radius 2 is 2.08 bits per heavy atom. The highest BCUT2D eigenvalue weighted by Crippen LogP contribution is 2.42. The minimum atomic E-state index is -0.229. The van der Waals surface area contributed by atoms with E-state index < -0.39 is 0 Å². The van der Waals surface area contributed by atoms with Crippen molar-refractivity contribution >= 4 is 23.5 Å². The number of thioether (sulfide) groups is 1. The molecule has 4 rings (SSSR count). The highest BCUT2D eigenvalue weighted by Gasteiger charge is 2.35. The number of allylic oxidation sites excluding steroid dienone is 2. The van der Waals surface area contributed by atoms with E-state index in [-0.39, 0.29) is 18.0 Å². The number of nitrogens with one attached hydrogen (secondary N) is 1. The average Bonchev–Trinajstić information content (AvgIpc) is 3.26. The Labute approximate surface area is 151 Å². The van der Waals surface area contributed by atoms with Gasteiger partial charge in [0.25, 0.3) is 5.56 Å². The van der Waals surface area contributed by atoms with Crippen LogP contribution < -0.4 is 15.8 Å². The highest BCUT2D eigenvalue weighted by atomic mass is 32.2. The summed E-state index contributed by atoms with van der Waals surface area (Å²) in [6.07, 6.45) is 6.99. The van der Waals surface area contributed by atoms with Crippen LogP contribution in [0.3, 0.4) is 0 Å². The minimum Gasteiger partial charge on any atom is -0.354 e. The standard InChI is InChI=1S/C18H24N4O2S/c23-17(19-11-15-10-13-1-2-14(15)9-13)12-22-18(24)4-3-16(20-22)21-5-7-25-8-6-21/h1-4,13-15H,5-12H2,(H,19,23)/t13-,14-,15-/m0/s1. The van der Waals surface area contributed by atoms with Gasteiger partial charge in [0.1, 0.15) is 12.4 Å². The Hall–Kier alpha value is -1.76. The van der Waals surface area contributed by atoms with Crippen molar-refractivity contribution < 1.29 is 4.79 Å². The van der Waals surface area contributed by atoms with E-state index in [0.717, 1.165) is 30.4 Å². The second-order valence-corrected chi connectivity index (χ2v) is 8.36. The molecule has 2 fully saturated rings. The summed E-state index contributed by atoms with van der Waals surface area (Å²) in [5, 5.41) is 7.40. The van der Waals surface area contributed by atoms with Crippen molar-refractivity contribution in [1.82, 2.24) is 15.1 Å². The summed E-state index contributed by atoms with van der Waals surface area (Å²) in [6.45, 7) is 2.55. The van der Waals surface area contributed by atoms with E-state index in [1.165, 1.54) is 23.6 Å². The fourth-order valence-electron chi connectivity index (χ4n) is 4.08. The summed E-state index contributed by atoms with van der Waals surface area (Å²) in [5.74, 6) is 4.65. The summed E-state index contributed by atoms with van der Waals surface area (Å²) in [5.41, 5.74) is -0.229. The van der Waals surface area contributed by atoms with Gasteiger partial charge in [-0.2, -0.15) is 16.9 Å². The lowest BCUT2D eigenvalue weighted by molar-refractivity contribution is -0.122. The molecule has 1 aromatic heterocycles. The lowest BCUT2D eigenvalue weighted by Gasteiger charge is -2.27. The van der Waals surface area contributed by atoms with Gasteiger partial charge < -0.3 is 10.2 Å². The first-order chi connectivity index (χ1) is 12.2. The van der Waals surface area contributed by atoms with Gasteiger partial charge in [-0.15, -0.1) is 0 Å². The number of fused-ring (bicyclic) bond motifs is 2. The molecule has 1 amide bonds. The second kappa shape index (κ2) is 7.23. The number of nitrogens with zero attached hydrogens (tertiary/aromatic N) is 3. The Kier molecular flexibility index (Phi) is 4.83. The summed E-state index contributed by atoms with van der Waals surface area (Å²) in [4.78, 5) is 26.5. The Bertz CT molecular complexity index is 726. The van der Waals surface area contributed by atoms with Crippen molar-refractivity contribution in [3.63, 3.8) is 0 Å². The Morgan fingerprint density at radius 1 is 1.24 bits per heavy atom. The molecule has 2 heterocycles. The highest BCUT2D eigenvalue weighted by molar-refractivity contribution is 7.99. The zero-order chi connectivity index (χ0) is 17.2. The summed E-state index contributed by atoms with van der Waals surface area (Å²) in [7, 11) is 0. The molecule has 2 bridgehead atoms. The van der Waals surface area contributed by atoms with Crippen LogP contribution in [-0.2, 0) is 11.3 Å². The van der Waals surface area contributed by atoms with Crippen LogP contribution in [0.2, 0.25) is 0 Å². The molecule has 1 saturated carbocycles. The van der Waals surface area contributed by atoms with Crippen LogP contribution in [0, 0.1) is 17.8 Å². The number of anilines is 1. The van der Waals surface area contributed by atoms with Crippen molar-refractivity contribution in [2.45, 2.75) is 19.4 Å². The van der Waals surface area contributed by atoms with E-state index >= 15 is 0 Å². The topological polar surface area (TPSA) is 67.2 Å². The Balaban J connectivity index is 1.35. The third kappa shape index (κ3) is 3.76. The third-order valence-corrected chi connectivity index (χ3v) is 6.40. The number of amides is 1. The molecule has 0 aromatic carbocycles. The van der Waals surface area contributed by atoms with Gasteiger partial charge >= 0.3 is 0 Å². The van der Waals surface area contributed by atoms with Gasteiger partial charge in [0.15, 0.2) is 0 Å². The largest absolute Gasteiger partial charge is 0.354 e. The number of hydrogen-bond donors (Lipinski definition) is 1. The van der Waals surface area contributed by atoms with Gasteiger partial charge in [-0.1, -0.05) is 12.2 Å². The van der Waals surface area contributed by atoms with Crippen molar-refractivity contribution in [3.05, 3.63) is 34.6 Å². The van der Waals surface area contributed by atoms with E-state index in [1.807, 2.05) is 11.8 Å². The van der Waals surface area contributed by atoms with E-state index in [1.54, 1.807) is 6.07 Å². The first-order valence-electron chi connectivity index (χ1n) is 9.05. The third-order valence-electron chi connectivity index (χ3n) is 5.46. The maximum Gasteiger partial charge on any atom is 0.267 e. The predicted molar refractivity (Wildman–Crippen MR) is 99.9 cm³/mol. The molecule has 3 aliphatic rings. The van der Waals surface area contributed by atoms with Crippen LogP contribution in [0.15, 0.2) is 29.1 Å². The van der Waals surface area contributed by atoms with E-state index in [9.17, 15) is 9.59 Å². The van der Waals surface area contributed by atoms with Crippen molar-refractivity contribution in [1.29, 1.82) is 0 Å². The molecule has 0 spiro atoms. The fourth-order valence-corrected chi connectivity index (χ4v) is 4.98. The first kappa shape index (κ1) is 16.7. The van der Waals surface area contributed by atoms with E-state index in [0.29, 0.717) is 24.3 Å². The zero-order valence-electron chi connectivity index (χ0n) is 14.3. The predicted octanol–water partition coefficient (Wildman–Crippen LogP) is 1.12. The lowest BCUT2D eigenvalue weighted by atomic mass is 9.94. The SMILES string of the molecule is O=C(Cn1nc(N2CCSCC2)ccc1=O)NC[C@@H]1C[C@H]2C=C[C@H]1C2. The first-order valence-corrected chi connectivity index (χ1v) is 10.2. The second-order valence-electron chi connectivity index (χ2n) is 7.13. The minimum absolute atomic E-state index is 0.00802. The molecular weight excluding hydrogens is 336 g/mol. The molecule has 1 aliphatic heterocycles. The maximum absolute atomic E-state index is 12.3. The zero-order valence-corrected chi connectivity index (χ0v) is 15.1. The molecule has 1 N–H and O–H groups in total. The Morgan fingerprint density at radius 3 is 2.80 bits per heavy atom. The van der Waals surface area contributed by atoms with Crippen LogP contribution in [0.1, 0.15) is 12.8 Å². The van der Waals surface area contributed by atoms with Gasteiger partial charge in [0.05, 0.1) is 0 Å². The van der Waals surface area contributed by atoms with Crippen LogP contribution in [0.4, 0.5) is 5.82 Å². The molecule has 25 heavy (non-hydrogen) atoms. The van der Waals surface area contributed by atoms with Gasteiger partial charge in [0, 0.05) is 37.2 Å². The van der Waals surface area contributed by atoms with E-state index in [4.69, 9.17) is 0 Å². The van der Waals surface area contributed by atoms with Crippen LogP contribution >= 0.6 is 11.8 Å². The van der Waals surface area contributed by atoms with Crippen LogP contribution in [-0.4, -0.2) is 46.8 Å². The molecule has 1 saturated heterocycles. The van der Waals surface area contributed by atoms with E-state index in [2.05, 4.69) is 27.5 Å². The lowest BCUT2D eigenvalue weighted by Crippen LogP contribution is -2.38. The molecule has 6 nitrogen and oxygen atoms in total. The van der Waals surface area contributed by atoms with Gasteiger partial charge in [0.2, 0.25) is 5.91 Å². The molecule has 7 heteroatoms. The van der Waals surface area contributed by atoms with Crippen LogP contribution in [0.5, 0.6) is 0 Å². The molecule has 2 aliphatic carbocycles.